The number of allylic oxidation sites excluding steroid dienone is 3. The molecule has 0 fully saturated rings. The minimum absolute atomic E-state index is 1.14. The molecular formula is C15H20. The van der Waals surface area contributed by atoms with E-state index in [9.17, 15) is 0 Å². The Morgan fingerprint density at radius 3 is 2.27 bits per heavy atom. The maximum atomic E-state index is 4.16. The van der Waals surface area contributed by atoms with Crippen LogP contribution in [0, 0.1) is 20.8 Å². The molecule has 1 aromatic carbocycles. The van der Waals surface area contributed by atoms with E-state index in [0.717, 1.165) is 5.57 Å². The standard InChI is InChI=1S/C15H20/c1-7-10(2)13(5)15-9-8-11(3)12(4)14(15)6/h7-9H,5H2,1-4,6H3/b10-7-. The third-order valence-corrected chi connectivity index (χ3v) is 3.29. The van der Waals surface area contributed by atoms with E-state index in [2.05, 4.69) is 59.4 Å². The van der Waals surface area contributed by atoms with Crippen LogP contribution >= 0.6 is 0 Å². The molecule has 80 valence electrons. The van der Waals surface area contributed by atoms with Gasteiger partial charge in [0.05, 0.1) is 0 Å². The molecule has 0 saturated carbocycles. The van der Waals surface area contributed by atoms with Crippen LogP contribution < -0.4 is 0 Å². The van der Waals surface area contributed by atoms with Crippen molar-refractivity contribution in [3.05, 3.63) is 52.6 Å². The Kier molecular flexibility index (Phi) is 3.52. The number of rotatable bonds is 2. The normalized spacial score (nSPS) is 11.7. The van der Waals surface area contributed by atoms with Crippen molar-refractivity contribution < 1.29 is 0 Å². The molecule has 15 heavy (non-hydrogen) atoms. The van der Waals surface area contributed by atoms with Crippen LogP contribution in [0.1, 0.15) is 36.1 Å². The van der Waals surface area contributed by atoms with Crippen molar-refractivity contribution in [2.75, 3.05) is 0 Å². The van der Waals surface area contributed by atoms with Gasteiger partial charge >= 0.3 is 0 Å². The van der Waals surface area contributed by atoms with Gasteiger partial charge in [0.15, 0.2) is 0 Å². The summed E-state index contributed by atoms with van der Waals surface area (Å²) in [4.78, 5) is 0. The molecule has 0 aromatic heterocycles. The van der Waals surface area contributed by atoms with Gasteiger partial charge in [0.1, 0.15) is 0 Å². The van der Waals surface area contributed by atoms with E-state index in [4.69, 9.17) is 0 Å². The van der Waals surface area contributed by atoms with Crippen molar-refractivity contribution >= 4 is 5.57 Å². The van der Waals surface area contributed by atoms with Gasteiger partial charge in [0.2, 0.25) is 0 Å². The molecule has 0 unspecified atom stereocenters. The van der Waals surface area contributed by atoms with E-state index in [1.165, 1.54) is 27.8 Å². The van der Waals surface area contributed by atoms with E-state index >= 15 is 0 Å². The van der Waals surface area contributed by atoms with Crippen LogP contribution in [0.2, 0.25) is 0 Å². The highest BCUT2D eigenvalue weighted by Crippen LogP contribution is 2.27. The lowest BCUT2D eigenvalue weighted by Gasteiger charge is -2.13. The number of benzene rings is 1. The van der Waals surface area contributed by atoms with Crippen molar-refractivity contribution in [2.45, 2.75) is 34.6 Å². The smallest absolute Gasteiger partial charge is 0.0155 e. The van der Waals surface area contributed by atoms with Crippen LogP contribution in [0.3, 0.4) is 0 Å². The molecule has 0 nitrogen and oxygen atoms in total. The number of hydrogen-bond acceptors (Lipinski definition) is 0. The molecule has 0 saturated heterocycles. The molecule has 0 N–H and O–H groups in total. The molecule has 0 aliphatic carbocycles. The summed E-state index contributed by atoms with van der Waals surface area (Å²) < 4.78 is 0. The topological polar surface area (TPSA) is 0 Å². The second-order valence-corrected chi connectivity index (χ2v) is 4.13. The Morgan fingerprint density at radius 1 is 1.13 bits per heavy atom. The predicted octanol–water partition coefficient (Wildman–Crippen LogP) is 4.59. The fourth-order valence-corrected chi connectivity index (χ4v) is 1.67. The Morgan fingerprint density at radius 2 is 1.73 bits per heavy atom. The van der Waals surface area contributed by atoms with E-state index in [1.807, 2.05) is 0 Å². The molecule has 0 atom stereocenters. The summed E-state index contributed by atoms with van der Waals surface area (Å²) in [6.45, 7) is 14.8. The SMILES string of the molecule is C=C(/C(C)=C\C)c1ccc(C)c(C)c1C. The maximum Gasteiger partial charge on any atom is -0.0155 e. The lowest BCUT2D eigenvalue weighted by Crippen LogP contribution is -1.94. The van der Waals surface area contributed by atoms with Gasteiger partial charge in [-0.25, -0.2) is 0 Å². The van der Waals surface area contributed by atoms with Crippen molar-refractivity contribution in [3.63, 3.8) is 0 Å². The van der Waals surface area contributed by atoms with Crippen molar-refractivity contribution in [1.82, 2.24) is 0 Å². The second-order valence-electron chi connectivity index (χ2n) is 4.13. The lowest BCUT2D eigenvalue weighted by atomic mass is 9.92. The summed E-state index contributed by atoms with van der Waals surface area (Å²) in [5, 5.41) is 0. The first-order chi connectivity index (χ1) is 6.99. The molecule has 1 aromatic rings. The molecule has 0 amide bonds. The van der Waals surface area contributed by atoms with Crippen LogP contribution in [-0.4, -0.2) is 0 Å². The average Bonchev–Trinajstić information content (AvgIpc) is 2.24. The van der Waals surface area contributed by atoms with Gasteiger partial charge in [0.25, 0.3) is 0 Å². The summed E-state index contributed by atoms with van der Waals surface area (Å²) >= 11 is 0. The van der Waals surface area contributed by atoms with Crippen LogP contribution in [0.25, 0.3) is 5.57 Å². The molecule has 0 aliphatic rings. The summed E-state index contributed by atoms with van der Waals surface area (Å²) in [5.41, 5.74) is 7.73. The summed E-state index contributed by atoms with van der Waals surface area (Å²) in [6, 6.07) is 4.35. The monoisotopic (exact) mass is 200 g/mol. The van der Waals surface area contributed by atoms with Gasteiger partial charge in [-0.05, 0) is 68.0 Å². The largest absolute Gasteiger partial charge is 0.0909 e. The molecule has 1 rings (SSSR count). The minimum atomic E-state index is 1.14. The quantitative estimate of drug-likeness (QED) is 0.612. The fraction of sp³-hybridized carbons (Fsp3) is 0.333. The third-order valence-electron chi connectivity index (χ3n) is 3.29. The Labute approximate surface area is 93.3 Å². The van der Waals surface area contributed by atoms with E-state index in [0.29, 0.717) is 0 Å². The maximum absolute atomic E-state index is 4.16. The first-order valence-electron chi connectivity index (χ1n) is 5.38. The van der Waals surface area contributed by atoms with Gasteiger partial charge < -0.3 is 0 Å². The van der Waals surface area contributed by atoms with Crippen molar-refractivity contribution in [1.29, 1.82) is 0 Å². The highest BCUT2D eigenvalue weighted by atomic mass is 14.1. The first-order valence-corrected chi connectivity index (χ1v) is 5.38. The molecule has 0 heteroatoms. The van der Waals surface area contributed by atoms with E-state index in [1.54, 1.807) is 0 Å². The Bertz CT molecular complexity index is 420. The van der Waals surface area contributed by atoms with E-state index < -0.39 is 0 Å². The van der Waals surface area contributed by atoms with Gasteiger partial charge in [-0.3, -0.25) is 0 Å². The van der Waals surface area contributed by atoms with Crippen molar-refractivity contribution in [2.24, 2.45) is 0 Å². The zero-order valence-electron chi connectivity index (χ0n) is 10.4. The van der Waals surface area contributed by atoms with Crippen LogP contribution in [0.15, 0.2) is 30.4 Å². The first kappa shape index (κ1) is 11.8. The predicted molar refractivity (Wildman–Crippen MR) is 69.1 cm³/mol. The minimum Gasteiger partial charge on any atom is -0.0909 e. The van der Waals surface area contributed by atoms with Gasteiger partial charge in [-0.15, -0.1) is 0 Å². The number of hydrogen-bond donors (Lipinski definition) is 0. The summed E-state index contributed by atoms with van der Waals surface area (Å²) in [7, 11) is 0. The number of aryl methyl sites for hydroxylation is 1. The van der Waals surface area contributed by atoms with E-state index in [-0.39, 0.29) is 0 Å². The van der Waals surface area contributed by atoms with Crippen LogP contribution in [-0.2, 0) is 0 Å². The molecule has 0 bridgehead atoms. The summed E-state index contributed by atoms with van der Waals surface area (Å²) in [5.74, 6) is 0. The van der Waals surface area contributed by atoms with Gasteiger partial charge in [0, 0.05) is 0 Å². The van der Waals surface area contributed by atoms with Crippen LogP contribution in [0.5, 0.6) is 0 Å². The van der Waals surface area contributed by atoms with Gasteiger partial charge in [-0.1, -0.05) is 24.8 Å². The second kappa shape index (κ2) is 4.48. The van der Waals surface area contributed by atoms with Crippen LogP contribution in [0.4, 0.5) is 0 Å². The lowest BCUT2D eigenvalue weighted by molar-refractivity contribution is 1.25. The summed E-state index contributed by atoms with van der Waals surface area (Å²) in [6.07, 6.45) is 2.11. The van der Waals surface area contributed by atoms with Gasteiger partial charge in [-0.2, -0.15) is 0 Å². The molecular weight excluding hydrogens is 180 g/mol. The highest BCUT2D eigenvalue weighted by Gasteiger charge is 2.07. The molecule has 0 radical (unpaired) electrons. The molecule has 0 heterocycles. The molecule has 0 aliphatic heterocycles. The fourth-order valence-electron chi connectivity index (χ4n) is 1.67. The molecule has 0 spiro atoms. The Balaban J connectivity index is 3.29. The zero-order valence-corrected chi connectivity index (χ0v) is 10.4. The average molecular weight is 200 g/mol. The zero-order chi connectivity index (χ0) is 11.6. The Hall–Kier alpha value is -1.30. The van der Waals surface area contributed by atoms with Crippen molar-refractivity contribution in [3.8, 4) is 0 Å². The highest BCUT2D eigenvalue weighted by molar-refractivity contribution is 5.79. The third kappa shape index (κ3) is 2.20.